The predicted octanol–water partition coefficient (Wildman–Crippen LogP) is 3.96. The number of fused-ring (bicyclic) bond motifs is 1. The number of anilines is 1. The number of halogens is 1. The lowest BCUT2D eigenvalue weighted by atomic mass is 10.1. The third-order valence-corrected chi connectivity index (χ3v) is 5.50. The van der Waals surface area contributed by atoms with E-state index >= 15 is 0 Å². The molecule has 4 aromatic rings. The Balaban J connectivity index is 1.49. The van der Waals surface area contributed by atoms with Crippen LogP contribution in [0.3, 0.4) is 0 Å². The van der Waals surface area contributed by atoms with Gasteiger partial charge in [0.25, 0.3) is 0 Å². The average Bonchev–Trinajstić information content (AvgIpc) is 3.13. The van der Waals surface area contributed by atoms with Crippen molar-refractivity contribution in [3.63, 3.8) is 0 Å². The number of para-hydroxylation sites is 1. The Bertz CT molecular complexity index is 1200. The van der Waals surface area contributed by atoms with Crippen LogP contribution in [0, 0.1) is 5.82 Å². The second-order valence-corrected chi connectivity index (χ2v) is 8.20. The summed E-state index contributed by atoms with van der Waals surface area (Å²) in [5, 5.41) is 0. The highest BCUT2D eigenvalue weighted by Crippen LogP contribution is 2.28. The van der Waals surface area contributed by atoms with Crippen molar-refractivity contribution < 1.29 is 17.5 Å². The Morgan fingerprint density at radius 1 is 1.00 bits per heavy atom. The smallest absolute Gasteiger partial charge is 0.236 e. The number of sulfonamides is 1. The molecule has 0 spiro atoms. The molecule has 0 aliphatic heterocycles. The normalized spacial score (nSPS) is 11.5. The Labute approximate surface area is 167 Å². The van der Waals surface area contributed by atoms with E-state index in [0.717, 1.165) is 5.65 Å². The topological polar surface area (TPSA) is 72.7 Å². The second kappa shape index (κ2) is 7.92. The summed E-state index contributed by atoms with van der Waals surface area (Å²) in [6, 6.07) is 18.2. The fourth-order valence-corrected chi connectivity index (χ4v) is 3.80. The van der Waals surface area contributed by atoms with Crippen LogP contribution in [-0.4, -0.2) is 30.2 Å². The van der Waals surface area contributed by atoms with E-state index in [4.69, 9.17) is 4.74 Å². The second-order valence-electron chi connectivity index (χ2n) is 6.36. The summed E-state index contributed by atoms with van der Waals surface area (Å²) in [5.74, 6) is -0.217. The summed E-state index contributed by atoms with van der Waals surface area (Å²) in [6.45, 7) is -0.0580. The van der Waals surface area contributed by atoms with Crippen LogP contribution in [0.15, 0.2) is 79.1 Å². The van der Waals surface area contributed by atoms with Gasteiger partial charge < -0.3 is 9.14 Å². The van der Waals surface area contributed by atoms with E-state index in [9.17, 15) is 12.8 Å². The van der Waals surface area contributed by atoms with Gasteiger partial charge in [-0.1, -0.05) is 24.3 Å². The molecule has 0 saturated heterocycles. The molecule has 2 heterocycles. The number of pyridine rings is 1. The van der Waals surface area contributed by atoms with Gasteiger partial charge in [-0.2, -0.15) is 0 Å². The van der Waals surface area contributed by atoms with Crippen molar-refractivity contribution in [2.24, 2.45) is 0 Å². The van der Waals surface area contributed by atoms with Gasteiger partial charge in [-0.05, 0) is 42.5 Å². The molecule has 148 valence electrons. The number of aromatic nitrogens is 2. The molecule has 0 bridgehead atoms. The summed E-state index contributed by atoms with van der Waals surface area (Å²) in [6.07, 6.45) is 3.73. The molecule has 0 fully saturated rings. The first-order valence-electron chi connectivity index (χ1n) is 8.92. The van der Waals surface area contributed by atoms with Crippen molar-refractivity contribution in [2.45, 2.75) is 0 Å². The summed E-state index contributed by atoms with van der Waals surface area (Å²) < 4.78 is 47.8. The third-order valence-electron chi connectivity index (χ3n) is 4.27. The number of hydrogen-bond acceptors (Lipinski definition) is 4. The summed E-state index contributed by atoms with van der Waals surface area (Å²) in [7, 11) is -3.66. The summed E-state index contributed by atoms with van der Waals surface area (Å²) in [5.41, 5.74) is 2.56. The minimum absolute atomic E-state index is 0.0580. The summed E-state index contributed by atoms with van der Waals surface area (Å²) >= 11 is 0. The van der Waals surface area contributed by atoms with Crippen LogP contribution in [0.4, 0.5) is 10.1 Å². The van der Waals surface area contributed by atoms with Gasteiger partial charge in [0, 0.05) is 18.0 Å². The Hall–Kier alpha value is -3.39. The van der Waals surface area contributed by atoms with Gasteiger partial charge in [-0.25, -0.2) is 17.8 Å². The predicted molar refractivity (Wildman–Crippen MR) is 110 cm³/mol. The average molecular weight is 411 g/mol. The molecule has 4 rings (SSSR count). The number of imidazole rings is 1. The molecule has 29 heavy (non-hydrogen) atoms. The van der Waals surface area contributed by atoms with E-state index in [0.29, 0.717) is 22.7 Å². The van der Waals surface area contributed by atoms with Crippen LogP contribution >= 0.6 is 0 Å². The number of rotatable bonds is 7. The fraction of sp³-hybridized carbons (Fsp3) is 0.0952. The van der Waals surface area contributed by atoms with E-state index in [2.05, 4.69) is 9.71 Å². The zero-order chi connectivity index (χ0) is 20.3. The molecule has 0 atom stereocenters. The lowest BCUT2D eigenvalue weighted by Crippen LogP contribution is -2.21. The van der Waals surface area contributed by atoms with Gasteiger partial charge in [-0.3, -0.25) is 4.72 Å². The van der Waals surface area contributed by atoms with Crippen LogP contribution in [0.5, 0.6) is 5.75 Å². The maximum Gasteiger partial charge on any atom is 0.236 e. The molecular formula is C21H18FN3O3S. The van der Waals surface area contributed by atoms with Gasteiger partial charge >= 0.3 is 0 Å². The third kappa shape index (κ3) is 4.55. The van der Waals surface area contributed by atoms with Crippen LogP contribution in [0.2, 0.25) is 0 Å². The van der Waals surface area contributed by atoms with Gasteiger partial charge in [0.1, 0.15) is 29.6 Å². The number of benzene rings is 2. The first-order chi connectivity index (χ1) is 14.0. The monoisotopic (exact) mass is 411 g/mol. The number of nitrogens with zero attached hydrogens (tertiary/aromatic N) is 2. The van der Waals surface area contributed by atoms with E-state index in [1.165, 1.54) is 24.3 Å². The highest BCUT2D eigenvalue weighted by molar-refractivity contribution is 7.92. The van der Waals surface area contributed by atoms with E-state index in [1.807, 2.05) is 47.1 Å². The zero-order valence-corrected chi connectivity index (χ0v) is 16.1. The van der Waals surface area contributed by atoms with E-state index in [-0.39, 0.29) is 18.2 Å². The maximum absolute atomic E-state index is 12.9. The lowest BCUT2D eigenvalue weighted by molar-refractivity contribution is 0.340. The fourth-order valence-electron chi connectivity index (χ4n) is 2.88. The first kappa shape index (κ1) is 18.9. The molecule has 0 aliphatic carbocycles. The minimum Gasteiger partial charge on any atom is -0.492 e. The van der Waals surface area contributed by atoms with Gasteiger partial charge in [0.05, 0.1) is 11.4 Å². The van der Waals surface area contributed by atoms with Crippen molar-refractivity contribution in [3.05, 3.63) is 84.9 Å². The Kier molecular flexibility index (Phi) is 5.18. The van der Waals surface area contributed by atoms with E-state index < -0.39 is 10.0 Å². The number of ether oxygens (including phenoxy) is 1. The van der Waals surface area contributed by atoms with E-state index in [1.54, 1.807) is 12.1 Å². The Morgan fingerprint density at radius 2 is 1.76 bits per heavy atom. The molecular weight excluding hydrogens is 393 g/mol. The molecule has 0 saturated carbocycles. The summed E-state index contributed by atoms with van der Waals surface area (Å²) in [4.78, 5) is 4.56. The van der Waals surface area contributed by atoms with Crippen molar-refractivity contribution >= 4 is 21.4 Å². The molecule has 2 aromatic heterocycles. The Morgan fingerprint density at radius 3 is 2.55 bits per heavy atom. The van der Waals surface area contributed by atoms with Crippen LogP contribution in [0.25, 0.3) is 16.9 Å². The van der Waals surface area contributed by atoms with Gasteiger partial charge in [-0.15, -0.1) is 0 Å². The lowest BCUT2D eigenvalue weighted by Gasteiger charge is -2.12. The molecule has 2 aromatic carbocycles. The number of nitrogens with one attached hydrogen (secondary N) is 1. The largest absolute Gasteiger partial charge is 0.492 e. The first-order valence-corrected chi connectivity index (χ1v) is 10.6. The molecule has 6 nitrogen and oxygen atoms in total. The zero-order valence-electron chi connectivity index (χ0n) is 15.3. The molecule has 0 radical (unpaired) electrons. The van der Waals surface area contributed by atoms with Crippen molar-refractivity contribution in [1.29, 1.82) is 0 Å². The molecule has 8 heteroatoms. The maximum atomic E-state index is 12.9. The minimum atomic E-state index is -3.66. The van der Waals surface area contributed by atoms with Crippen LogP contribution < -0.4 is 9.46 Å². The van der Waals surface area contributed by atoms with Crippen molar-refractivity contribution in [2.75, 3.05) is 17.1 Å². The van der Waals surface area contributed by atoms with Crippen LogP contribution in [0.1, 0.15) is 0 Å². The quantitative estimate of drug-likeness (QED) is 0.500. The number of hydrogen-bond donors (Lipinski definition) is 1. The highest BCUT2D eigenvalue weighted by atomic mass is 32.2. The molecule has 0 aliphatic rings. The molecule has 0 unspecified atom stereocenters. The molecule has 0 amide bonds. The highest BCUT2D eigenvalue weighted by Gasteiger charge is 2.15. The van der Waals surface area contributed by atoms with Gasteiger partial charge in [0.15, 0.2) is 0 Å². The molecule has 1 N–H and O–H groups in total. The standard InChI is InChI=1S/C21H18FN3O3S/c22-16-8-10-17(11-9-16)28-13-14-29(26,27)24-19-6-2-1-5-18(19)20-15-25-12-4-3-7-21(25)23-20/h1-12,15,24H,13-14H2. The van der Waals surface area contributed by atoms with Crippen molar-refractivity contribution in [1.82, 2.24) is 9.38 Å². The van der Waals surface area contributed by atoms with Gasteiger partial charge in [0.2, 0.25) is 10.0 Å². The van der Waals surface area contributed by atoms with Crippen molar-refractivity contribution in [3.8, 4) is 17.0 Å². The SMILES string of the molecule is O=S(=O)(CCOc1ccc(F)cc1)Nc1ccccc1-c1cn2ccccc2n1. The van der Waals surface area contributed by atoms with Crippen LogP contribution in [-0.2, 0) is 10.0 Å².